The summed E-state index contributed by atoms with van der Waals surface area (Å²) in [5.74, 6) is -3.61. The second kappa shape index (κ2) is 9.67. The Kier molecular flexibility index (Phi) is 7.50. The molecule has 2 aromatic carbocycles. The summed E-state index contributed by atoms with van der Waals surface area (Å²) < 4.78 is 36.2. The van der Waals surface area contributed by atoms with Gasteiger partial charge in [-0.3, -0.25) is 14.4 Å². The average molecular weight is 432 g/mol. The predicted molar refractivity (Wildman–Crippen MR) is 110 cm³/mol. The highest BCUT2D eigenvalue weighted by molar-refractivity contribution is 7.91. The van der Waals surface area contributed by atoms with Crippen LogP contribution in [0.2, 0.25) is 0 Å². The van der Waals surface area contributed by atoms with Crippen LogP contribution >= 0.6 is 0 Å². The summed E-state index contributed by atoms with van der Waals surface area (Å²) in [5, 5.41) is 0. The van der Waals surface area contributed by atoms with Gasteiger partial charge < -0.3 is 9.47 Å². The van der Waals surface area contributed by atoms with E-state index in [1.807, 2.05) is 6.92 Å². The zero-order valence-electron chi connectivity index (χ0n) is 17.2. The van der Waals surface area contributed by atoms with Crippen molar-refractivity contribution in [3.63, 3.8) is 0 Å². The molecule has 0 aliphatic rings. The number of sulfone groups is 1. The van der Waals surface area contributed by atoms with Crippen LogP contribution in [0.25, 0.3) is 0 Å². The predicted octanol–water partition coefficient (Wildman–Crippen LogP) is 3.14. The second-order valence-electron chi connectivity index (χ2n) is 6.97. The molecule has 0 aliphatic heterocycles. The van der Waals surface area contributed by atoms with Gasteiger partial charge in [0.25, 0.3) is 0 Å². The van der Waals surface area contributed by atoms with Crippen molar-refractivity contribution >= 4 is 27.6 Å². The zero-order chi connectivity index (χ0) is 22.5. The Morgan fingerprint density at radius 1 is 0.933 bits per heavy atom. The van der Waals surface area contributed by atoms with Gasteiger partial charge in [0.2, 0.25) is 0 Å². The number of carbonyl (C=O) groups is 3. The number of hydrogen-bond acceptors (Lipinski definition) is 7. The lowest BCUT2D eigenvalue weighted by molar-refractivity contribution is -0.146. The zero-order valence-corrected chi connectivity index (χ0v) is 18.1. The highest BCUT2D eigenvalue weighted by Gasteiger charge is 2.35. The van der Waals surface area contributed by atoms with Gasteiger partial charge in [0.05, 0.1) is 22.1 Å². The van der Waals surface area contributed by atoms with Gasteiger partial charge in [0.15, 0.2) is 15.6 Å². The number of hydrogen-bond donors (Lipinski definition) is 0. The van der Waals surface area contributed by atoms with Gasteiger partial charge in [0, 0.05) is 13.8 Å². The number of benzene rings is 2. The molecule has 0 saturated carbocycles. The van der Waals surface area contributed by atoms with E-state index in [1.165, 1.54) is 45.0 Å². The summed E-state index contributed by atoms with van der Waals surface area (Å²) >= 11 is 0. The first-order chi connectivity index (χ1) is 14.0. The number of esters is 2. The standard InChI is InChI=1S/C22H24O7S/c1-14-9-11-18(12-10-14)30(26,27)13-20(15(2)28-16(3)23)22(25)19-7-5-6-8-21(19)29-17(4)24/h5-12,15,20H,13H2,1-4H3/t15-,20-/m1/s1. The number of ether oxygens (including phenoxy) is 2. The Hall–Kier alpha value is -3.00. The fraction of sp³-hybridized carbons (Fsp3) is 0.318. The smallest absolute Gasteiger partial charge is 0.308 e. The first kappa shape index (κ1) is 23.3. The molecule has 0 bridgehead atoms. The summed E-state index contributed by atoms with van der Waals surface area (Å²) in [7, 11) is -3.87. The Bertz CT molecular complexity index is 1040. The molecule has 0 aliphatic carbocycles. The molecule has 160 valence electrons. The lowest BCUT2D eigenvalue weighted by Gasteiger charge is -2.23. The number of Topliss-reactive ketones (excluding diaryl/α,β-unsaturated/α-hetero) is 1. The van der Waals surface area contributed by atoms with E-state index in [4.69, 9.17) is 9.47 Å². The van der Waals surface area contributed by atoms with Crippen LogP contribution in [-0.2, 0) is 24.2 Å². The summed E-state index contributed by atoms with van der Waals surface area (Å²) in [5.41, 5.74) is 0.931. The van der Waals surface area contributed by atoms with E-state index in [-0.39, 0.29) is 16.2 Å². The molecule has 2 aromatic rings. The molecule has 2 atom stereocenters. The normalized spacial score (nSPS) is 13.2. The summed E-state index contributed by atoms with van der Waals surface area (Å²) in [4.78, 5) is 36.2. The van der Waals surface area contributed by atoms with Crippen molar-refractivity contribution in [1.29, 1.82) is 0 Å². The Morgan fingerprint density at radius 2 is 1.53 bits per heavy atom. The van der Waals surface area contributed by atoms with Gasteiger partial charge in [-0.15, -0.1) is 0 Å². The fourth-order valence-electron chi connectivity index (χ4n) is 2.96. The molecule has 0 N–H and O–H groups in total. The number of ketones is 1. The van der Waals surface area contributed by atoms with Crippen molar-refractivity contribution in [3.05, 3.63) is 59.7 Å². The molecule has 8 heteroatoms. The summed E-state index contributed by atoms with van der Waals surface area (Å²) in [6.07, 6.45) is -1.01. The molecule has 0 fully saturated rings. The monoisotopic (exact) mass is 432 g/mol. The molecule has 0 spiro atoms. The first-order valence-electron chi connectivity index (χ1n) is 9.29. The molecule has 30 heavy (non-hydrogen) atoms. The van der Waals surface area contributed by atoms with Crippen molar-refractivity contribution in [2.75, 3.05) is 5.75 Å². The van der Waals surface area contributed by atoms with Gasteiger partial charge >= 0.3 is 11.9 Å². The lowest BCUT2D eigenvalue weighted by atomic mass is 9.94. The molecule has 0 unspecified atom stereocenters. The van der Waals surface area contributed by atoms with Crippen molar-refractivity contribution in [2.24, 2.45) is 5.92 Å². The van der Waals surface area contributed by atoms with Gasteiger partial charge in [-0.05, 0) is 38.1 Å². The van der Waals surface area contributed by atoms with Gasteiger partial charge in [-0.2, -0.15) is 0 Å². The third-order valence-corrected chi connectivity index (χ3v) is 6.23. The molecule has 2 rings (SSSR count). The summed E-state index contributed by atoms with van der Waals surface area (Å²) in [6.45, 7) is 5.67. The van der Waals surface area contributed by atoms with E-state index >= 15 is 0 Å². The SMILES string of the molecule is CC(=O)Oc1ccccc1C(=O)[C@H](CS(=O)(=O)c1ccc(C)cc1)[C@@H](C)OC(C)=O. The maximum Gasteiger partial charge on any atom is 0.308 e. The van der Waals surface area contributed by atoms with E-state index in [0.29, 0.717) is 0 Å². The molecule has 0 aromatic heterocycles. The maximum absolute atomic E-state index is 13.3. The number of para-hydroxylation sites is 1. The van der Waals surface area contributed by atoms with Crippen LogP contribution in [-0.4, -0.2) is 38.0 Å². The topological polar surface area (TPSA) is 104 Å². The maximum atomic E-state index is 13.3. The molecular formula is C22H24O7S. The van der Waals surface area contributed by atoms with Crippen LogP contribution in [0, 0.1) is 12.8 Å². The van der Waals surface area contributed by atoms with Crippen LogP contribution in [0.5, 0.6) is 5.75 Å². The van der Waals surface area contributed by atoms with Crippen molar-refractivity contribution in [1.82, 2.24) is 0 Å². The third-order valence-electron chi connectivity index (χ3n) is 4.44. The second-order valence-corrected chi connectivity index (χ2v) is 9.00. The Labute approximate surface area is 175 Å². The van der Waals surface area contributed by atoms with Crippen molar-refractivity contribution in [2.45, 2.75) is 38.7 Å². The van der Waals surface area contributed by atoms with E-state index < -0.39 is 45.3 Å². The van der Waals surface area contributed by atoms with E-state index in [0.717, 1.165) is 5.56 Å². The third kappa shape index (κ3) is 6.00. The fourth-order valence-corrected chi connectivity index (χ4v) is 4.60. The molecular weight excluding hydrogens is 408 g/mol. The molecule has 0 amide bonds. The first-order valence-corrected chi connectivity index (χ1v) is 10.9. The Balaban J connectivity index is 2.45. The molecule has 0 saturated heterocycles. The number of rotatable bonds is 8. The highest BCUT2D eigenvalue weighted by Crippen LogP contribution is 2.27. The molecule has 7 nitrogen and oxygen atoms in total. The van der Waals surface area contributed by atoms with Gasteiger partial charge in [0.1, 0.15) is 11.9 Å². The van der Waals surface area contributed by atoms with Crippen LogP contribution < -0.4 is 4.74 Å². The van der Waals surface area contributed by atoms with Gasteiger partial charge in [-0.1, -0.05) is 29.8 Å². The average Bonchev–Trinajstić information content (AvgIpc) is 2.65. The van der Waals surface area contributed by atoms with Crippen LogP contribution in [0.3, 0.4) is 0 Å². The quantitative estimate of drug-likeness (QED) is 0.358. The lowest BCUT2D eigenvalue weighted by Crippen LogP contribution is -2.35. The van der Waals surface area contributed by atoms with E-state index in [1.54, 1.807) is 24.3 Å². The van der Waals surface area contributed by atoms with E-state index in [9.17, 15) is 22.8 Å². The van der Waals surface area contributed by atoms with Crippen molar-refractivity contribution in [3.8, 4) is 5.75 Å². The van der Waals surface area contributed by atoms with Gasteiger partial charge in [-0.25, -0.2) is 8.42 Å². The summed E-state index contributed by atoms with van der Waals surface area (Å²) in [6, 6.07) is 12.3. The highest BCUT2D eigenvalue weighted by atomic mass is 32.2. The van der Waals surface area contributed by atoms with E-state index in [2.05, 4.69) is 0 Å². The largest absolute Gasteiger partial charge is 0.462 e. The number of aryl methyl sites for hydroxylation is 1. The number of carbonyl (C=O) groups excluding carboxylic acids is 3. The molecule has 0 heterocycles. The van der Waals surface area contributed by atoms with Crippen LogP contribution in [0.15, 0.2) is 53.4 Å². The van der Waals surface area contributed by atoms with Crippen LogP contribution in [0.1, 0.15) is 36.7 Å². The molecule has 0 radical (unpaired) electrons. The Morgan fingerprint density at radius 3 is 2.10 bits per heavy atom. The minimum absolute atomic E-state index is 0.0164. The van der Waals surface area contributed by atoms with Crippen LogP contribution in [0.4, 0.5) is 0 Å². The minimum atomic E-state index is -3.87. The minimum Gasteiger partial charge on any atom is -0.462 e. The van der Waals surface area contributed by atoms with Crippen molar-refractivity contribution < 1.29 is 32.3 Å².